The van der Waals surface area contributed by atoms with Gasteiger partial charge in [-0.2, -0.15) is 7.11 Å². The number of carbonyl (C=O) groups is 1. The van der Waals surface area contributed by atoms with E-state index in [4.69, 9.17) is 15.0 Å². The van der Waals surface area contributed by atoms with Crippen molar-refractivity contribution in [1.29, 1.82) is 0 Å². The maximum absolute atomic E-state index is 8.89. The summed E-state index contributed by atoms with van der Waals surface area (Å²) in [6.07, 6.45) is 0. The van der Waals surface area contributed by atoms with E-state index < -0.39 is 5.97 Å². The predicted octanol–water partition coefficient (Wildman–Crippen LogP) is -1.51. The molecule has 0 amide bonds. The third-order valence-corrected chi connectivity index (χ3v) is 0. The van der Waals surface area contributed by atoms with Gasteiger partial charge in [0.1, 0.15) is 0 Å². The Morgan fingerprint density at radius 3 is 1.25 bits per heavy atom. The third kappa shape index (κ3) is 240. The predicted molar refractivity (Wildman–Crippen MR) is 28.6 cm³/mol. The molecule has 0 aliphatic carbocycles. The molecule has 0 rings (SSSR count). The Bertz CT molecular complexity index is 35.5. The molecular weight excluding hydrogens is 112 g/mol. The molecule has 0 spiro atoms. The molecule has 0 saturated carbocycles. The van der Waals surface area contributed by atoms with Gasteiger partial charge in [0, 0.05) is 5.97 Å². The fourth-order valence-electron chi connectivity index (χ4n) is 0. The van der Waals surface area contributed by atoms with Crippen molar-refractivity contribution in [3.8, 4) is 0 Å². The zero-order valence-corrected chi connectivity index (χ0v) is 5.72. The zero-order chi connectivity index (χ0) is 5.58. The second kappa shape index (κ2) is 32.9. The number of carbonyl (C=O) groups excluding carboxylic acids is 1. The Balaban J connectivity index is -0.0000000183. The Morgan fingerprint density at radius 1 is 1.25 bits per heavy atom. The second-order valence-corrected chi connectivity index (χ2v) is 0.492. The van der Waals surface area contributed by atoms with Crippen LogP contribution in [0.4, 0.5) is 0 Å². The van der Waals surface area contributed by atoms with Gasteiger partial charge in [-0.25, -0.2) is 0 Å². The monoisotopic (exact) mass is 126 g/mol. The molecule has 0 heterocycles. The lowest BCUT2D eigenvalue weighted by Crippen LogP contribution is -2.16. The molecule has 0 atom stereocenters. The minimum Gasteiger partial charge on any atom is -0.857 e. The summed E-state index contributed by atoms with van der Waals surface area (Å²) in [6, 6.07) is 0. The van der Waals surface area contributed by atoms with Crippen LogP contribution in [-0.2, 0) is 4.79 Å². The van der Waals surface area contributed by atoms with Gasteiger partial charge in [0.2, 0.25) is 0 Å². The van der Waals surface area contributed by atoms with Gasteiger partial charge in [0.25, 0.3) is 0 Å². The van der Waals surface area contributed by atoms with E-state index in [1.165, 1.54) is 0 Å². The smallest absolute Gasteiger partial charge is 0.0383 e. The molecule has 0 aliphatic rings. The quantitative estimate of drug-likeness (QED) is 0.408. The molecule has 0 aromatic carbocycles. The average Bonchev–Trinajstić information content (AvgIpc) is 1.41. The Morgan fingerprint density at radius 2 is 1.25 bits per heavy atom. The SMILES string of the molecule is CC(=O)[O-].C[O-].[NH4+].[NH4+]. The summed E-state index contributed by atoms with van der Waals surface area (Å²) in [4.78, 5) is 8.89. The van der Waals surface area contributed by atoms with E-state index >= 15 is 0 Å². The topological polar surface area (TPSA) is 136 Å². The number of quaternary nitrogens is 2. The van der Waals surface area contributed by atoms with Gasteiger partial charge >= 0.3 is 0 Å². The molecule has 0 fully saturated rings. The van der Waals surface area contributed by atoms with Crippen molar-refractivity contribution in [2.24, 2.45) is 0 Å². The van der Waals surface area contributed by atoms with E-state index in [0.717, 1.165) is 14.0 Å². The largest absolute Gasteiger partial charge is 0.857 e. The van der Waals surface area contributed by atoms with Crippen molar-refractivity contribution in [1.82, 2.24) is 12.3 Å². The van der Waals surface area contributed by atoms with Crippen LogP contribution in [0.1, 0.15) is 6.92 Å². The van der Waals surface area contributed by atoms with Gasteiger partial charge in [-0.3, -0.25) is 0 Å². The number of carboxylic acids is 1. The van der Waals surface area contributed by atoms with E-state index in [-0.39, 0.29) is 12.3 Å². The molecule has 0 aliphatic heterocycles. The van der Waals surface area contributed by atoms with Gasteiger partial charge in [0.15, 0.2) is 0 Å². The maximum Gasteiger partial charge on any atom is 0.0383 e. The van der Waals surface area contributed by atoms with Crippen LogP contribution >= 0.6 is 0 Å². The molecule has 5 nitrogen and oxygen atoms in total. The molecule has 8 heavy (non-hydrogen) atoms. The van der Waals surface area contributed by atoms with E-state index in [1.807, 2.05) is 0 Å². The average molecular weight is 126 g/mol. The minimum atomic E-state index is -1.08. The number of hydrogen-bond acceptors (Lipinski definition) is 3. The lowest BCUT2D eigenvalue weighted by molar-refractivity contribution is -0.325. The maximum atomic E-state index is 8.89. The van der Waals surface area contributed by atoms with E-state index in [2.05, 4.69) is 0 Å². The summed E-state index contributed by atoms with van der Waals surface area (Å²) in [6.45, 7) is 0.972. The van der Waals surface area contributed by atoms with E-state index in [0.29, 0.717) is 0 Å². The standard InChI is InChI=1S/C2H4O2.CH3O.2H3N/c1-2(3)4;1-2;;/h1H3,(H,3,4);1H3;2*1H3/q;-1;;/p+1. The van der Waals surface area contributed by atoms with Crippen LogP contribution in [0.2, 0.25) is 0 Å². The van der Waals surface area contributed by atoms with Gasteiger partial charge < -0.3 is 27.3 Å². The molecule has 0 saturated heterocycles. The van der Waals surface area contributed by atoms with Crippen molar-refractivity contribution in [2.75, 3.05) is 7.11 Å². The van der Waals surface area contributed by atoms with Gasteiger partial charge in [-0.1, -0.05) is 0 Å². The highest BCUT2D eigenvalue weighted by atomic mass is 16.4. The Hall–Kier alpha value is -0.650. The summed E-state index contributed by atoms with van der Waals surface area (Å²) in [7, 11) is 0.750. The zero-order valence-electron chi connectivity index (χ0n) is 5.72. The van der Waals surface area contributed by atoms with Gasteiger partial charge in [-0.05, 0) is 6.92 Å². The highest BCUT2D eigenvalue weighted by Crippen LogP contribution is 1.31. The lowest BCUT2D eigenvalue weighted by Gasteiger charge is -1.77. The van der Waals surface area contributed by atoms with Crippen LogP contribution in [0.5, 0.6) is 0 Å². The van der Waals surface area contributed by atoms with Crippen LogP contribution in [0, 0.1) is 0 Å². The number of carboxylic acid groups (broad SMARTS) is 1. The first kappa shape index (κ1) is 26.4. The minimum absolute atomic E-state index is 0. The second-order valence-electron chi connectivity index (χ2n) is 0.492. The summed E-state index contributed by atoms with van der Waals surface area (Å²) in [5, 5.41) is 17.1. The van der Waals surface area contributed by atoms with Crippen LogP contribution in [0.15, 0.2) is 0 Å². The summed E-state index contributed by atoms with van der Waals surface area (Å²) >= 11 is 0. The third-order valence-electron chi connectivity index (χ3n) is 0. The number of rotatable bonds is 0. The summed E-state index contributed by atoms with van der Waals surface area (Å²) in [5.41, 5.74) is 0. The molecule has 54 valence electrons. The van der Waals surface area contributed by atoms with Crippen molar-refractivity contribution >= 4 is 5.97 Å². The normalized spacial score (nSPS) is 3.88. The Labute approximate surface area is 48.5 Å². The number of hydrogen-bond donors (Lipinski definition) is 2. The highest BCUT2D eigenvalue weighted by Gasteiger charge is 1.46. The fourth-order valence-corrected chi connectivity index (χ4v) is 0. The van der Waals surface area contributed by atoms with Crippen LogP contribution in [-0.4, -0.2) is 13.1 Å². The molecule has 0 aromatic heterocycles. The molecule has 0 unspecified atom stereocenters. The lowest BCUT2D eigenvalue weighted by atomic mass is 10.9. The van der Waals surface area contributed by atoms with Crippen molar-refractivity contribution < 1.29 is 15.0 Å². The van der Waals surface area contributed by atoms with Gasteiger partial charge in [-0.15, -0.1) is 0 Å². The Kier molecular flexibility index (Phi) is 109. The molecule has 8 N–H and O–H groups in total. The molecule has 0 aromatic rings. The van der Waals surface area contributed by atoms with E-state index in [9.17, 15) is 0 Å². The van der Waals surface area contributed by atoms with E-state index in [1.54, 1.807) is 0 Å². The summed E-state index contributed by atoms with van der Waals surface area (Å²) in [5.74, 6) is -1.08. The van der Waals surface area contributed by atoms with Gasteiger partial charge in [0.05, 0.1) is 0 Å². The van der Waals surface area contributed by atoms with Crippen molar-refractivity contribution in [3.63, 3.8) is 0 Å². The fraction of sp³-hybridized carbons (Fsp3) is 0.667. The first-order valence-corrected chi connectivity index (χ1v) is 1.32. The van der Waals surface area contributed by atoms with Crippen LogP contribution in [0.3, 0.4) is 0 Å². The first-order chi connectivity index (χ1) is 2.73. The summed E-state index contributed by atoms with van der Waals surface area (Å²) < 4.78 is 0. The number of aliphatic carboxylic acids is 1. The molecule has 0 bridgehead atoms. The first-order valence-electron chi connectivity index (χ1n) is 1.32. The van der Waals surface area contributed by atoms with Crippen LogP contribution in [0.25, 0.3) is 0 Å². The highest BCUT2D eigenvalue weighted by molar-refractivity contribution is 5.60. The van der Waals surface area contributed by atoms with Crippen molar-refractivity contribution in [3.05, 3.63) is 0 Å². The molecule has 5 heteroatoms. The molecule has 0 radical (unpaired) electrons. The van der Waals surface area contributed by atoms with Crippen molar-refractivity contribution in [2.45, 2.75) is 6.92 Å². The van der Waals surface area contributed by atoms with Crippen LogP contribution < -0.4 is 22.5 Å². The molecular formula is C3H14N2O3.